The van der Waals surface area contributed by atoms with Gasteiger partial charge in [-0.1, -0.05) is 12.1 Å². The molecule has 0 aliphatic heterocycles. The Labute approximate surface area is 84.0 Å². The third kappa shape index (κ3) is 2.25. The first-order valence-corrected chi connectivity index (χ1v) is 4.41. The number of hydrazine groups is 1. The molecule has 0 aliphatic carbocycles. The van der Waals surface area contributed by atoms with Gasteiger partial charge in [0.05, 0.1) is 11.4 Å². The van der Waals surface area contributed by atoms with Gasteiger partial charge in [0.2, 0.25) is 0 Å². The van der Waals surface area contributed by atoms with Crippen LogP contribution in [-0.2, 0) is 0 Å². The fourth-order valence-electron chi connectivity index (χ4n) is 1.19. The average molecular weight is 192 g/mol. The average Bonchev–Trinajstić information content (AvgIpc) is 2.19. The first-order valence-electron chi connectivity index (χ1n) is 4.41. The summed E-state index contributed by atoms with van der Waals surface area (Å²) in [5.74, 6) is 5.83. The lowest BCUT2D eigenvalue weighted by molar-refractivity contribution is 0.933. The van der Waals surface area contributed by atoms with Crippen LogP contribution in [0.3, 0.4) is 0 Å². The van der Waals surface area contributed by atoms with Gasteiger partial charge < -0.3 is 11.5 Å². The first kappa shape index (κ1) is 10.6. The van der Waals surface area contributed by atoms with E-state index in [1.54, 1.807) is 0 Å². The monoisotopic (exact) mass is 192 g/mol. The first-order chi connectivity index (χ1) is 6.69. The molecule has 0 fully saturated rings. The van der Waals surface area contributed by atoms with Crippen LogP contribution >= 0.6 is 0 Å². The molecule has 0 bridgehead atoms. The molecule has 1 aromatic rings. The topological polar surface area (TPSA) is 81.3 Å². The normalized spacial score (nSPS) is 11.5. The molecule has 4 heteroatoms. The molecule has 0 aliphatic rings. The SMILES string of the molecule is Cc1cccc(N(N)/C(=C\N)CN)c1. The second kappa shape index (κ2) is 4.64. The van der Waals surface area contributed by atoms with Crippen LogP contribution in [0.5, 0.6) is 0 Å². The molecule has 0 amide bonds. The van der Waals surface area contributed by atoms with Crippen molar-refractivity contribution in [2.45, 2.75) is 6.92 Å². The van der Waals surface area contributed by atoms with Crippen molar-refractivity contribution in [1.82, 2.24) is 0 Å². The minimum absolute atomic E-state index is 0.320. The van der Waals surface area contributed by atoms with Gasteiger partial charge in [0.25, 0.3) is 0 Å². The minimum Gasteiger partial charge on any atom is -0.403 e. The smallest absolute Gasteiger partial charge is 0.0639 e. The van der Waals surface area contributed by atoms with E-state index >= 15 is 0 Å². The molecule has 0 radical (unpaired) electrons. The summed E-state index contributed by atoms with van der Waals surface area (Å²) in [6.07, 6.45) is 1.42. The third-order valence-electron chi connectivity index (χ3n) is 1.99. The molecule has 0 atom stereocenters. The maximum Gasteiger partial charge on any atom is 0.0639 e. The van der Waals surface area contributed by atoms with Crippen molar-refractivity contribution >= 4 is 5.69 Å². The molecule has 0 aromatic heterocycles. The van der Waals surface area contributed by atoms with E-state index in [-0.39, 0.29) is 0 Å². The Bertz CT molecular complexity index is 333. The molecule has 0 spiro atoms. The van der Waals surface area contributed by atoms with Crippen LogP contribution in [0.1, 0.15) is 5.56 Å². The third-order valence-corrected chi connectivity index (χ3v) is 1.99. The highest BCUT2D eigenvalue weighted by atomic mass is 15.4. The standard InChI is InChI=1S/C10H16N4/c1-8-3-2-4-9(5-8)14(13)10(6-11)7-12/h2-6H,7,11-13H2,1H3/b10-6-. The van der Waals surface area contributed by atoms with Gasteiger partial charge in [0, 0.05) is 12.7 Å². The van der Waals surface area contributed by atoms with Gasteiger partial charge in [0.15, 0.2) is 0 Å². The molecule has 6 N–H and O–H groups in total. The molecule has 0 heterocycles. The predicted octanol–water partition coefficient (Wildman–Crippen LogP) is 0.434. The van der Waals surface area contributed by atoms with E-state index < -0.39 is 0 Å². The quantitative estimate of drug-likeness (QED) is 0.479. The number of benzene rings is 1. The lowest BCUT2D eigenvalue weighted by atomic mass is 10.2. The maximum atomic E-state index is 5.83. The summed E-state index contributed by atoms with van der Waals surface area (Å²) in [5, 5.41) is 1.49. The molecular formula is C10H16N4. The van der Waals surface area contributed by atoms with E-state index in [0.29, 0.717) is 12.2 Å². The number of hydrogen-bond donors (Lipinski definition) is 3. The number of nitrogens with two attached hydrogens (primary N) is 3. The second-order valence-corrected chi connectivity index (χ2v) is 3.07. The Morgan fingerprint density at radius 1 is 1.50 bits per heavy atom. The highest BCUT2D eigenvalue weighted by molar-refractivity contribution is 5.51. The fourth-order valence-corrected chi connectivity index (χ4v) is 1.19. The van der Waals surface area contributed by atoms with Crippen molar-refractivity contribution in [2.75, 3.05) is 11.6 Å². The van der Waals surface area contributed by atoms with E-state index in [9.17, 15) is 0 Å². The van der Waals surface area contributed by atoms with Crippen LogP contribution in [0.4, 0.5) is 5.69 Å². The molecule has 0 unspecified atom stereocenters. The van der Waals surface area contributed by atoms with Gasteiger partial charge in [-0.3, -0.25) is 5.01 Å². The summed E-state index contributed by atoms with van der Waals surface area (Å²) in [6, 6.07) is 7.83. The molecule has 76 valence electrons. The van der Waals surface area contributed by atoms with E-state index in [1.165, 1.54) is 11.2 Å². The zero-order valence-corrected chi connectivity index (χ0v) is 8.27. The highest BCUT2D eigenvalue weighted by Crippen LogP contribution is 2.15. The zero-order chi connectivity index (χ0) is 10.6. The van der Waals surface area contributed by atoms with Crippen LogP contribution in [0, 0.1) is 6.92 Å². The van der Waals surface area contributed by atoms with Crippen molar-refractivity contribution in [1.29, 1.82) is 0 Å². The van der Waals surface area contributed by atoms with Crippen LogP contribution in [0.25, 0.3) is 0 Å². The molecule has 14 heavy (non-hydrogen) atoms. The van der Waals surface area contributed by atoms with Gasteiger partial charge in [-0.2, -0.15) is 0 Å². The van der Waals surface area contributed by atoms with Crippen molar-refractivity contribution in [3.05, 3.63) is 41.7 Å². The van der Waals surface area contributed by atoms with Crippen molar-refractivity contribution in [3.63, 3.8) is 0 Å². The Balaban J connectivity index is 2.94. The summed E-state index contributed by atoms with van der Waals surface area (Å²) >= 11 is 0. The Kier molecular flexibility index (Phi) is 3.50. The van der Waals surface area contributed by atoms with E-state index in [2.05, 4.69) is 0 Å². The highest BCUT2D eigenvalue weighted by Gasteiger charge is 2.05. The second-order valence-electron chi connectivity index (χ2n) is 3.07. The number of hydrogen-bond acceptors (Lipinski definition) is 4. The van der Waals surface area contributed by atoms with Crippen LogP contribution in [0.2, 0.25) is 0 Å². The van der Waals surface area contributed by atoms with Gasteiger partial charge in [-0.25, -0.2) is 5.84 Å². The lowest BCUT2D eigenvalue weighted by Gasteiger charge is -2.20. The van der Waals surface area contributed by atoms with Crippen LogP contribution in [-0.4, -0.2) is 6.54 Å². The molecule has 1 rings (SSSR count). The Morgan fingerprint density at radius 3 is 2.71 bits per heavy atom. The molecule has 4 nitrogen and oxygen atoms in total. The zero-order valence-electron chi connectivity index (χ0n) is 8.27. The molecule has 0 saturated heterocycles. The summed E-state index contributed by atoms with van der Waals surface area (Å²) < 4.78 is 0. The van der Waals surface area contributed by atoms with Gasteiger partial charge in [-0.15, -0.1) is 0 Å². The number of aryl methyl sites for hydroxylation is 1. The lowest BCUT2D eigenvalue weighted by Crippen LogP contribution is -2.34. The predicted molar refractivity (Wildman–Crippen MR) is 59.2 cm³/mol. The van der Waals surface area contributed by atoms with E-state index in [0.717, 1.165) is 11.3 Å². The maximum absolute atomic E-state index is 5.83. The minimum atomic E-state index is 0.320. The Morgan fingerprint density at radius 2 is 2.21 bits per heavy atom. The summed E-state index contributed by atoms with van der Waals surface area (Å²) in [7, 11) is 0. The number of anilines is 1. The van der Waals surface area contributed by atoms with Gasteiger partial charge >= 0.3 is 0 Å². The van der Waals surface area contributed by atoms with Gasteiger partial charge in [-0.05, 0) is 24.6 Å². The largest absolute Gasteiger partial charge is 0.403 e. The van der Waals surface area contributed by atoms with Crippen molar-refractivity contribution < 1.29 is 0 Å². The molecular weight excluding hydrogens is 176 g/mol. The fraction of sp³-hybridized carbons (Fsp3) is 0.200. The molecule has 0 saturated carbocycles. The number of nitrogens with zero attached hydrogens (tertiary/aromatic N) is 1. The van der Waals surface area contributed by atoms with E-state index in [4.69, 9.17) is 17.3 Å². The summed E-state index contributed by atoms with van der Waals surface area (Å²) in [6.45, 7) is 2.33. The van der Waals surface area contributed by atoms with E-state index in [1.807, 2.05) is 31.2 Å². The Hall–Kier alpha value is -1.52. The number of rotatable bonds is 3. The van der Waals surface area contributed by atoms with Crippen molar-refractivity contribution in [3.8, 4) is 0 Å². The van der Waals surface area contributed by atoms with Crippen LogP contribution in [0.15, 0.2) is 36.2 Å². The summed E-state index contributed by atoms with van der Waals surface area (Å²) in [4.78, 5) is 0. The van der Waals surface area contributed by atoms with Crippen molar-refractivity contribution in [2.24, 2.45) is 17.3 Å². The summed E-state index contributed by atoms with van der Waals surface area (Å²) in [5.41, 5.74) is 13.6. The molecule has 1 aromatic carbocycles. The van der Waals surface area contributed by atoms with Gasteiger partial charge in [0.1, 0.15) is 0 Å². The van der Waals surface area contributed by atoms with Crippen LogP contribution < -0.4 is 22.3 Å².